The molecule has 6 heteroatoms. The summed E-state index contributed by atoms with van der Waals surface area (Å²) < 4.78 is 34.4. The summed E-state index contributed by atoms with van der Waals surface area (Å²) in [6, 6.07) is 0. The lowest BCUT2D eigenvalue weighted by Crippen LogP contribution is -2.25. The third-order valence-electron chi connectivity index (χ3n) is 0.812. The molecule has 2 N–H and O–H groups in total. The first kappa shape index (κ1) is 10.8. The van der Waals surface area contributed by atoms with Gasteiger partial charge in [-0.15, -0.1) is 0 Å². The molecule has 66 valence electrons. The van der Waals surface area contributed by atoms with Gasteiger partial charge in [-0.05, 0) is 0 Å². The zero-order chi connectivity index (χ0) is 8.91. The van der Waals surface area contributed by atoms with Gasteiger partial charge in [0, 0.05) is 12.3 Å². The molecular weight excluding hydrogens is 179 g/mol. The van der Waals surface area contributed by atoms with E-state index in [4.69, 9.17) is 5.73 Å². The number of thioether (sulfide) groups is 1. The van der Waals surface area contributed by atoms with E-state index in [-0.39, 0.29) is 6.54 Å². The van der Waals surface area contributed by atoms with Crippen molar-refractivity contribution in [3.63, 3.8) is 0 Å². The van der Waals surface area contributed by atoms with Crippen LogP contribution in [0.1, 0.15) is 0 Å². The van der Waals surface area contributed by atoms with E-state index in [0.717, 1.165) is 11.8 Å². The molecule has 0 radical (unpaired) electrons. The summed E-state index contributed by atoms with van der Waals surface area (Å²) in [4.78, 5) is 10.2. The lowest BCUT2D eigenvalue weighted by atomic mass is 10.4. The number of ketones is 1. The minimum absolute atomic E-state index is 0.288. The number of hydrogen-bond donors (Lipinski definition) is 1. The molecule has 0 aliphatic rings. The zero-order valence-electron chi connectivity index (χ0n) is 5.65. The first-order valence-corrected chi connectivity index (χ1v) is 4.01. The standard InChI is InChI=1S/C5H8F3NOS/c6-5(7,8)4(10)3-11-2-1-9/h1-3,9H2. The van der Waals surface area contributed by atoms with Gasteiger partial charge in [0.05, 0.1) is 5.75 Å². The largest absolute Gasteiger partial charge is 0.450 e. The second-order valence-electron chi connectivity index (χ2n) is 1.76. The number of halogens is 3. The molecule has 0 aromatic heterocycles. The van der Waals surface area contributed by atoms with Crippen molar-refractivity contribution in [1.82, 2.24) is 0 Å². The number of hydrogen-bond acceptors (Lipinski definition) is 3. The van der Waals surface area contributed by atoms with Crippen LogP contribution < -0.4 is 5.73 Å². The molecule has 0 aromatic rings. The van der Waals surface area contributed by atoms with Crippen LogP contribution in [0.25, 0.3) is 0 Å². The maximum absolute atomic E-state index is 11.5. The number of Topliss-reactive ketones (excluding diaryl/α,β-unsaturated/α-hetero) is 1. The summed E-state index contributed by atoms with van der Waals surface area (Å²) in [6.07, 6.45) is -4.69. The van der Waals surface area contributed by atoms with E-state index in [0.29, 0.717) is 5.75 Å². The van der Waals surface area contributed by atoms with Gasteiger partial charge in [-0.25, -0.2) is 0 Å². The predicted molar refractivity (Wildman–Crippen MR) is 37.4 cm³/mol. The maximum Gasteiger partial charge on any atom is 0.450 e. The van der Waals surface area contributed by atoms with Gasteiger partial charge in [-0.1, -0.05) is 0 Å². The summed E-state index contributed by atoms with van der Waals surface area (Å²) in [5.41, 5.74) is 5.01. The summed E-state index contributed by atoms with van der Waals surface area (Å²) >= 11 is 0.894. The number of carbonyl (C=O) groups excluding carboxylic acids is 1. The van der Waals surface area contributed by atoms with Crippen molar-refractivity contribution >= 4 is 17.5 Å². The van der Waals surface area contributed by atoms with Crippen LogP contribution in [0, 0.1) is 0 Å². The van der Waals surface area contributed by atoms with E-state index in [1.807, 2.05) is 0 Å². The first-order chi connectivity index (χ1) is 4.98. The molecule has 0 amide bonds. The Morgan fingerprint density at radius 2 is 2.00 bits per heavy atom. The van der Waals surface area contributed by atoms with Gasteiger partial charge < -0.3 is 5.73 Å². The molecule has 0 bridgehead atoms. The molecule has 0 unspecified atom stereocenters. The normalized spacial score (nSPS) is 11.6. The van der Waals surface area contributed by atoms with Gasteiger partial charge in [-0.3, -0.25) is 4.79 Å². The highest BCUT2D eigenvalue weighted by Gasteiger charge is 2.37. The molecule has 0 atom stereocenters. The Morgan fingerprint density at radius 1 is 1.45 bits per heavy atom. The lowest BCUT2D eigenvalue weighted by Gasteiger charge is -2.03. The van der Waals surface area contributed by atoms with Crippen molar-refractivity contribution in [1.29, 1.82) is 0 Å². The molecular formula is C5H8F3NOS. The number of nitrogens with two attached hydrogens (primary N) is 1. The van der Waals surface area contributed by atoms with E-state index >= 15 is 0 Å². The van der Waals surface area contributed by atoms with Gasteiger partial charge in [-0.2, -0.15) is 24.9 Å². The Bertz CT molecular complexity index is 136. The van der Waals surface area contributed by atoms with Crippen molar-refractivity contribution in [2.45, 2.75) is 6.18 Å². The summed E-state index contributed by atoms with van der Waals surface area (Å²) in [5.74, 6) is -1.85. The molecule has 0 aliphatic heterocycles. The minimum Gasteiger partial charge on any atom is -0.330 e. The molecule has 0 aliphatic carbocycles. The fourth-order valence-electron chi connectivity index (χ4n) is 0.330. The highest BCUT2D eigenvalue weighted by Crippen LogP contribution is 2.18. The highest BCUT2D eigenvalue weighted by molar-refractivity contribution is 7.99. The van der Waals surface area contributed by atoms with Crippen LogP contribution >= 0.6 is 11.8 Å². The average Bonchev–Trinajstić information content (AvgIpc) is 1.86. The Hall–Kier alpha value is -0.230. The highest BCUT2D eigenvalue weighted by atomic mass is 32.2. The van der Waals surface area contributed by atoms with Gasteiger partial charge in [0.15, 0.2) is 0 Å². The molecule has 2 nitrogen and oxygen atoms in total. The lowest BCUT2D eigenvalue weighted by molar-refractivity contribution is -0.167. The van der Waals surface area contributed by atoms with Crippen LogP contribution in [0.3, 0.4) is 0 Å². The monoisotopic (exact) mass is 187 g/mol. The van der Waals surface area contributed by atoms with Crippen LogP contribution in [0.4, 0.5) is 13.2 Å². The first-order valence-electron chi connectivity index (χ1n) is 2.86. The van der Waals surface area contributed by atoms with Crippen LogP contribution in [-0.2, 0) is 4.79 Å². The van der Waals surface area contributed by atoms with Crippen molar-refractivity contribution in [3.05, 3.63) is 0 Å². The Labute approximate surface area is 66.3 Å². The molecule has 0 rings (SSSR count). The molecule has 0 saturated carbocycles. The fourth-order valence-corrected chi connectivity index (χ4v) is 0.990. The van der Waals surface area contributed by atoms with Crippen LogP contribution in [0.2, 0.25) is 0 Å². The second-order valence-corrected chi connectivity index (χ2v) is 2.87. The smallest absolute Gasteiger partial charge is 0.330 e. The van der Waals surface area contributed by atoms with Crippen LogP contribution in [0.5, 0.6) is 0 Å². The molecule has 0 aromatic carbocycles. The third kappa shape index (κ3) is 5.09. The van der Waals surface area contributed by atoms with E-state index in [2.05, 4.69) is 0 Å². The van der Waals surface area contributed by atoms with E-state index in [1.54, 1.807) is 0 Å². The van der Waals surface area contributed by atoms with Gasteiger partial charge in [0.25, 0.3) is 0 Å². The Morgan fingerprint density at radius 3 is 2.36 bits per heavy atom. The average molecular weight is 187 g/mol. The topological polar surface area (TPSA) is 43.1 Å². The number of carbonyl (C=O) groups is 1. The second kappa shape index (κ2) is 4.61. The summed E-state index contributed by atoms with van der Waals surface area (Å²) in [5, 5.41) is 0. The van der Waals surface area contributed by atoms with Gasteiger partial charge in [0.2, 0.25) is 5.78 Å². The predicted octanol–water partition coefficient (Wildman–Crippen LogP) is 0.810. The third-order valence-corrected chi connectivity index (χ3v) is 1.80. The van der Waals surface area contributed by atoms with Crippen LogP contribution in [-0.4, -0.2) is 30.0 Å². The van der Waals surface area contributed by atoms with Gasteiger partial charge in [0.1, 0.15) is 0 Å². The summed E-state index contributed by atoms with van der Waals surface area (Å²) in [6.45, 7) is 0.288. The number of rotatable bonds is 4. The van der Waals surface area contributed by atoms with Gasteiger partial charge >= 0.3 is 6.18 Å². The number of alkyl halides is 3. The molecule has 0 heterocycles. The van der Waals surface area contributed by atoms with E-state index in [1.165, 1.54) is 0 Å². The zero-order valence-corrected chi connectivity index (χ0v) is 6.47. The van der Waals surface area contributed by atoms with Crippen LogP contribution in [0.15, 0.2) is 0 Å². The molecule has 0 saturated heterocycles. The van der Waals surface area contributed by atoms with Crippen molar-refractivity contribution in [3.8, 4) is 0 Å². The van der Waals surface area contributed by atoms with Crippen molar-refractivity contribution in [2.24, 2.45) is 5.73 Å². The Balaban J connectivity index is 3.54. The molecule has 11 heavy (non-hydrogen) atoms. The quantitative estimate of drug-likeness (QED) is 0.662. The minimum atomic E-state index is -4.69. The fraction of sp³-hybridized carbons (Fsp3) is 0.800. The summed E-state index contributed by atoms with van der Waals surface area (Å²) in [7, 11) is 0. The Kier molecular flexibility index (Phi) is 4.51. The van der Waals surface area contributed by atoms with Crippen molar-refractivity contribution < 1.29 is 18.0 Å². The van der Waals surface area contributed by atoms with Crippen molar-refractivity contribution in [2.75, 3.05) is 18.1 Å². The molecule has 0 spiro atoms. The van der Waals surface area contributed by atoms with E-state index in [9.17, 15) is 18.0 Å². The van der Waals surface area contributed by atoms with E-state index < -0.39 is 17.7 Å². The maximum atomic E-state index is 11.5. The molecule has 0 fully saturated rings. The SMILES string of the molecule is NCCSCC(=O)C(F)(F)F.